The molecule has 0 N–H and O–H groups in total. The van der Waals surface area contributed by atoms with Crippen LogP contribution in [0.1, 0.15) is 26.3 Å². The fourth-order valence-corrected chi connectivity index (χ4v) is 6.50. The first kappa shape index (κ1) is 16.1. The van der Waals surface area contributed by atoms with E-state index in [1.807, 2.05) is 12.3 Å². The van der Waals surface area contributed by atoms with E-state index >= 15 is 0 Å². The maximum Gasteiger partial charge on any atom is 0.140 e. The third kappa shape index (κ3) is 2.90. The average Bonchev–Trinajstić information content (AvgIpc) is 2.97. The van der Waals surface area contributed by atoms with Crippen LogP contribution < -0.4 is 0 Å². The highest BCUT2D eigenvalue weighted by Gasteiger charge is 2.26. The van der Waals surface area contributed by atoms with Crippen LogP contribution in [0.4, 0.5) is 0 Å². The monoisotopic (exact) mass is 326 g/mol. The summed E-state index contributed by atoms with van der Waals surface area (Å²) < 4.78 is 2.47. The number of fused-ring (bicyclic) bond motifs is 1. The first-order valence-corrected chi connectivity index (χ1v) is 10.6. The highest BCUT2D eigenvalue weighted by molar-refractivity contribution is 8.33. The predicted molar refractivity (Wildman–Crippen MR) is 103 cm³/mol. The van der Waals surface area contributed by atoms with Gasteiger partial charge in [-0.2, -0.15) is 0 Å². The van der Waals surface area contributed by atoms with Gasteiger partial charge in [-0.05, 0) is 41.0 Å². The van der Waals surface area contributed by atoms with E-state index < -0.39 is 10.0 Å². The molecule has 0 amide bonds. The second kappa shape index (κ2) is 6.79. The van der Waals surface area contributed by atoms with Crippen LogP contribution in [0.5, 0.6) is 0 Å². The van der Waals surface area contributed by atoms with Crippen molar-refractivity contribution in [1.82, 2.24) is 9.55 Å². The van der Waals surface area contributed by atoms with Crippen LogP contribution in [0.2, 0.25) is 0 Å². The van der Waals surface area contributed by atoms with Gasteiger partial charge < -0.3 is 4.57 Å². The van der Waals surface area contributed by atoms with Crippen molar-refractivity contribution in [2.75, 3.05) is 17.3 Å². The van der Waals surface area contributed by atoms with E-state index in [4.69, 9.17) is 4.98 Å². The molecule has 3 aromatic rings. The molecule has 0 radical (unpaired) electrons. The molecule has 0 spiro atoms. The van der Waals surface area contributed by atoms with E-state index in [1.54, 1.807) is 0 Å². The quantitative estimate of drug-likeness (QED) is 0.600. The Bertz CT molecular complexity index is 764. The van der Waals surface area contributed by atoms with Gasteiger partial charge in [-0.15, -0.1) is 0 Å². The van der Waals surface area contributed by atoms with Gasteiger partial charge in [-0.3, -0.25) is 0 Å². The Balaban J connectivity index is 2.19. The molecule has 2 aromatic heterocycles. The lowest BCUT2D eigenvalue weighted by atomic mass is 10.2. The van der Waals surface area contributed by atoms with Crippen LogP contribution >= 0.6 is 10.0 Å². The molecule has 23 heavy (non-hydrogen) atoms. The van der Waals surface area contributed by atoms with Gasteiger partial charge in [0.1, 0.15) is 5.65 Å². The molecule has 3 rings (SSSR count). The minimum atomic E-state index is -0.779. The lowest BCUT2D eigenvalue weighted by Gasteiger charge is -2.38. The molecular weight excluding hydrogens is 300 g/mol. The van der Waals surface area contributed by atoms with Crippen molar-refractivity contribution in [1.29, 1.82) is 0 Å². The largest absolute Gasteiger partial charge is 0.317 e. The molecule has 0 atom stereocenters. The first-order valence-electron chi connectivity index (χ1n) is 8.48. The topological polar surface area (TPSA) is 17.8 Å². The van der Waals surface area contributed by atoms with Crippen molar-refractivity contribution in [3.05, 3.63) is 60.3 Å². The van der Waals surface area contributed by atoms with Crippen LogP contribution in [0.25, 0.3) is 11.0 Å². The van der Waals surface area contributed by atoms with Crippen molar-refractivity contribution in [2.45, 2.75) is 32.3 Å². The Morgan fingerprint density at radius 1 is 0.913 bits per heavy atom. The summed E-state index contributed by atoms with van der Waals surface area (Å²) in [6.07, 6.45) is 1.91. The number of hydrogen-bond donors (Lipinski definition) is 0. The van der Waals surface area contributed by atoms with E-state index in [0.29, 0.717) is 0 Å². The van der Waals surface area contributed by atoms with Crippen LogP contribution in [0.15, 0.2) is 59.8 Å². The summed E-state index contributed by atoms with van der Waals surface area (Å²) in [6.45, 7) is 7.95. The Kier molecular flexibility index (Phi) is 4.76. The Morgan fingerprint density at radius 3 is 2.26 bits per heavy atom. The Labute approximate surface area is 140 Å². The molecule has 1 aromatic carbocycles. The second-order valence-corrected chi connectivity index (χ2v) is 10.1. The van der Waals surface area contributed by atoms with Crippen LogP contribution in [0, 0.1) is 0 Å². The third-order valence-corrected chi connectivity index (χ3v) is 9.44. The lowest BCUT2D eigenvalue weighted by molar-refractivity contribution is 0.746. The van der Waals surface area contributed by atoms with E-state index in [-0.39, 0.29) is 0 Å². The number of hydrogen-bond acceptors (Lipinski definition) is 1. The average molecular weight is 327 g/mol. The standard InChI is InChI=1S/C20H26N2S/c1-4-23(5-2,6-3)19-15-18-13-10-14-21-20(18)22(19)16-17-11-8-7-9-12-17/h7-15H,4-6,16H2,1-3H3. The molecule has 2 heterocycles. The zero-order valence-corrected chi connectivity index (χ0v) is 15.1. The van der Waals surface area contributed by atoms with Crippen molar-refractivity contribution in [2.24, 2.45) is 0 Å². The fourth-order valence-electron chi connectivity index (χ4n) is 3.40. The predicted octanol–water partition coefficient (Wildman–Crippen LogP) is 5.31. The maximum absolute atomic E-state index is 4.69. The molecule has 0 saturated carbocycles. The summed E-state index contributed by atoms with van der Waals surface area (Å²) in [5.74, 6) is 3.72. The molecular formula is C20H26N2S. The summed E-state index contributed by atoms with van der Waals surface area (Å²) in [7, 11) is -0.779. The second-order valence-electron chi connectivity index (χ2n) is 5.88. The summed E-state index contributed by atoms with van der Waals surface area (Å²) in [4.78, 5) is 4.69. The molecule has 0 saturated heterocycles. The van der Waals surface area contributed by atoms with Crippen LogP contribution in [-0.4, -0.2) is 26.8 Å². The van der Waals surface area contributed by atoms with Gasteiger partial charge in [0.2, 0.25) is 0 Å². The van der Waals surface area contributed by atoms with Gasteiger partial charge in [0.25, 0.3) is 0 Å². The number of nitrogens with zero attached hydrogens (tertiary/aromatic N) is 2. The van der Waals surface area contributed by atoms with Crippen molar-refractivity contribution < 1.29 is 0 Å². The van der Waals surface area contributed by atoms with Crippen molar-refractivity contribution in [3.8, 4) is 0 Å². The van der Waals surface area contributed by atoms with Gasteiger partial charge in [0.15, 0.2) is 0 Å². The third-order valence-electron chi connectivity index (χ3n) is 4.90. The van der Waals surface area contributed by atoms with Gasteiger partial charge in [0.05, 0.1) is 11.6 Å². The van der Waals surface area contributed by atoms with E-state index in [9.17, 15) is 0 Å². The Morgan fingerprint density at radius 2 is 1.61 bits per heavy atom. The van der Waals surface area contributed by atoms with Crippen molar-refractivity contribution >= 4 is 21.1 Å². The normalized spacial score (nSPS) is 12.7. The summed E-state index contributed by atoms with van der Waals surface area (Å²) in [6, 6.07) is 17.4. The fraction of sp³-hybridized carbons (Fsp3) is 0.350. The SMILES string of the molecule is CCS(CC)(CC)c1cc2cccnc2n1Cc1ccccc1. The van der Waals surface area contributed by atoms with Gasteiger partial charge >= 0.3 is 0 Å². The smallest absolute Gasteiger partial charge is 0.140 e. The lowest BCUT2D eigenvalue weighted by Crippen LogP contribution is -2.15. The van der Waals surface area contributed by atoms with E-state index in [2.05, 4.69) is 67.8 Å². The zero-order chi connectivity index (χ0) is 16.3. The summed E-state index contributed by atoms with van der Waals surface area (Å²) >= 11 is 0. The van der Waals surface area contributed by atoms with Gasteiger partial charge in [-0.25, -0.2) is 15.0 Å². The maximum atomic E-state index is 4.69. The van der Waals surface area contributed by atoms with Gasteiger partial charge in [0, 0.05) is 11.6 Å². The molecule has 0 bridgehead atoms. The number of aromatic nitrogens is 2. The summed E-state index contributed by atoms with van der Waals surface area (Å²) in [5, 5.41) is 2.79. The van der Waals surface area contributed by atoms with Gasteiger partial charge in [-0.1, -0.05) is 51.1 Å². The van der Waals surface area contributed by atoms with Crippen LogP contribution in [-0.2, 0) is 6.54 Å². The molecule has 3 heteroatoms. The molecule has 0 aliphatic rings. The first-order chi connectivity index (χ1) is 11.2. The molecule has 0 aliphatic heterocycles. The highest BCUT2D eigenvalue weighted by Crippen LogP contribution is 2.56. The molecule has 2 nitrogen and oxygen atoms in total. The molecule has 0 aliphatic carbocycles. The molecule has 0 fully saturated rings. The van der Waals surface area contributed by atoms with Crippen molar-refractivity contribution in [3.63, 3.8) is 0 Å². The zero-order valence-electron chi connectivity index (χ0n) is 14.3. The van der Waals surface area contributed by atoms with Crippen LogP contribution in [0.3, 0.4) is 0 Å². The minimum absolute atomic E-state index is 0.779. The minimum Gasteiger partial charge on any atom is -0.317 e. The van der Waals surface area contributed by atoms with E-state index in [0.717, 1.165) is 12.2 Å². The highest BCUT2D eigenvalue weighted by atomic mass is 32.3. The Hall–Kier alpha value is -1.74. The molecule has 0 unspecified atom stereocenters. The number of pyridine rings is 1. The van der Waals surface area contributed by atoms with E-state index in [1.165, 1.54) is 33.2 Å². The number of rotatable bonds is 6. The summed E-state index contributed by atoms with van der Waals surface area (Å²) in [5.41, 5.74) is 2.46. The molecule has 122 valence electrons. The number of benzene rings is 1.